The maximum Gasteiger partial charge on any atom is 0.276 e. The topological polar surface area (TPSA) is 77.0 Å². The Hall–Kier alpha value is -3.03. The number of hydrazone groups is 1. The summed E-state index contributed by atoms with van der Waals surface area (Å²) in [5.74, 6) is 0.989. The van der Waals surface area contributed by atoms with Crippen molar-refractivity contribution >= 4 is 27.8 Å². The van der Waals surface area contributed by atoms with E-state index in [9.17, 15) is 8.42 Å². The molecule has 3 aromatic rings. The molecule has 0 atom stereocenters. The SMILES string of the molecule is COc1cccc(/C=N/NS(=O)(=O)c2ccc(Cl)cc2)c1OCc1cccc(C)c1. The van der Waals surface area contributed by atoms with Crippen LogP contribution in [-0.2, 0) is 16.6 Å². The summed E-state index contributed by atoms with van der Waals surface area (Å²) in [6, 6.07) is 19.1. The number of para-hydroxylation sites is 1. The lowest BCUT2D eigenvalue weighted by atomic mass is 10.1. The Kier molecular flexibility index (Phi) is 6.97. The maximum atomic E-state index is 12.4. The molecule has 0 saturated heterocycles. The van der Waals surface area contributed by atoms with Gasteiger partial charge >= 0.3 is 0 Å². The van der Waals surface area contributed by atoms with Crippen molar-refractivity contribution in [2.24, 2.45) is 5.10 Å². The molecule has 0 unspecified atom stereocenters. The van der Waals surface area contributed by atoms with Crippen LogP contribution in [0.3, 0.4) is 0 Å². The van der Waals surface area contributed by atoms with Crippen molar-refractivity contribution in [2.75, 3.05) is 7.11 Å². The van der Waals surface area contributed by atoms with Gasteiger partial charge in [-0.25, -0.2) is 4.83 Å². The molecule has 0 aliphatic heterocycles. The van der Waals surface area contributed by atoms with E-state index in [0.29, 0.717) is 28.7 Å². The normalized spacial score (nSPS) is 11.4. The number of rotatable bonds is 8. The van der Waals surface area contributed by atoms with Gasteiger partial charge in [0, 0.05) is 10.6 Å². The smallest absolute Gasteiger partial charge is 0.276 e. The minimum Gasteiger partial charge on any atom is -0.493 e. The van der Waals surface area contributed by atoms with Crippen LogP contribution in [0.4, 0.5) is 0 Å². The molecular formula is C22H21ClN2O4S. The molecule has 0 amide bonds. The van der Waals surface area contributed by atoms with Crippen molar-refractivity contribution in [1.29, 1.82) is 0 Å². The van der Waals surface area contributed by atoms with Crippen LogP contribution in [0.2, 0.25) is 5.02 Å². The molecule has 0 heterocycles. The van der Waals surface area contributed by atoms with E-state index in [4.69, 9.17) is 21.1 Å². The van der Waals surface area contributed by atoms with Gasteiger partial charge in [0.2, 0.25) is 0 Å². The molecule has 0 radical (unpaired) electrons. The van der Waals surface area contributed by atoms with Gasteiger partial charge < -0.3 is 9.47 Å². The molecule has 0 aliphatic rings. The van der Waals surface area contributed by atoms with Crippen molar-refractivity contribution in [3.05, 3.63) is 88.4 Å². The van der Waals surface area contributed by atoms with E-state index in [0.717, 1.165) is 11.1 Å². The second-order valence-corrected chi connectivity index (χ2v) is 8.56. The van der Waals surface area contributed by atoms with Crippen LogP contribution in [0.5, 0.6) is 11.5 Å². The first kappa shape index (κ1) is 21.7. The van der Waals surface area contributed by atoms with Gasteiger partial charge in [-0.1, -0.05) is 47.5 Å². The molecule has 0 aliphatic carbocycles. The number of hydrogen-bond acceptors (Lipinski definition) is 5. The van der Waals surface area contributed by atoms with Gasteiger partial charge in [0.15, 0.2) is 11.5 Å². The lowest BCUT2D eigenvalue weighted by Gasteiger charge is -2.13. The first-order valence-corrected chi connectivity index (χ1v) is 10.9. The number of halogens is 1. The van der Waals surface area contributed by atoms with Gasteiger partial charge in [0.05, 0.1) is 18.2 Å². The van der Waals surface area contributed by atoms with Gasteiger partial charge in [0.25, 0.3) is 10.0 Å². The average molecular weight is 445 g/mol. The molecule has 3 aromatic carbocycles. The summed E-state index contributed by atoms with van der Waals surface area (Å²) in [6.07, 6.45) is 1.38. The van der Waals surface area contributed by atoms with Gasteiger partial charge in [-0.2, -0.15) is 13.5 Å². The molecule has 0 saturated carbocycles. The molecular weight excluding hydrogens is 424 g/mol. The first-order chi connectivity index (χ1) is 14.4. The van der Waals surface area contributed by atoms with E-state index >= 15 is 0 Å². The highest BCUT2D eigenvalue weighted by Crippen LogP contribution is 2.31. The highest BCUT2D eigenvalue weighted by atomic mass is 35.5. The number of nitrogens with zero attached hydrogens (tertiary/aromatic N) is 1. The molecule has 0 spiro atoms. The number of sulfonamides is 1. The summed E-state index contributed by atoms with van der Waals surface area (Å²) in [4.78, 5) is 2.25. The van der Waals surface area contributed by atoms with Gasteiger partial charge in [-0.3, -0.25) is 0 Å². The third-order valence-electron chi connectivity index (χ3n) is 4.20. The second-order valence-electron chi connectivity index (χ2n) is 6.46. The van der Waals surface area contributed by atoms with E-state index in [1.807, 2.05) is 31.2 Å². The number of nitrogens with one attached hydrogen (secondary N) is 1. The van der Waals surface area contributed by atoms with Crippen molar-refractivity contribution in [1.82, 2.24) is 4.83 Å². The zero-order chi connectivity index (χ0) is 21.6. The highest BCUT2D eigenvalue weighted by Gasteiger charge is 2.13. The summed E-state index contributed by atoms with van der Waals surface area (Å²) in [7, 11) is -2.27. The average Bonchev–Trinajstić information content (AvgIpc) is 2.73. The minimum absolute atomic E-state index is 0.0608. The monoisotopic (exact) mass is 444 g/mol. The number of ether oxygens (including phenoxy) is 2. The Morgan fingerprint density at radius 1 is 1.07 bits per heavy atom. The molecule has 8 heteroatoms. The van der Waals surface area contributed by atoms with Crippen molar-refractivity contribution < 1.29 is 17.9 Å². The van der Waals surface area contributed by atoms with Crippen LogP contribution in [0.1, 0.15) is 16.7 Å². The largest absolute Gasteiger partial charge is 0.493 e. The first-order valence-electron chi connectivity index (χ1n) is 9.05. The number of aryl methyl sites for hydroxylation is 1. The molecule has 0 aromatic heterocycles. The van der Waals surface area contributed by atoms with Crippen LogP contribution < -0.4 is 14.3 Å². The molecule has 156 valence electrons. The van der Waals surface area contributed by atoms with Gasteiger partial charge in [0.1, 0.15) is 6.61 Å². The fourth-order valence-corrected chi connectivity index (χ4v) is 3.66. The maximum absolute atomic E-state index is 12.4. The second kappa shape index (κ2) is 9.65. The standard InChI is InChI=1S/C22H21ClN2O4S/c1-16-5-3-6-17(13-16)15-29-22-18(7-4-8-21(22)28-2)14-24-25-30(26,27)20-11-9-19(23)10-12-20/h3-14,25H,15H2,1-2H3/b24-14+. The third kappa shape index (κ3) is 5.52. The van der Waals surface area contributed by atoms with E-state index in [2.05, 4.69) is 9.93 Å². The minimum atomic E-state index is -3.81. The van der Waals surface area contributed by atoms with Crippen molar-refractivity contribution in [3.8, 4) is 11.5 Å². The Labute approximate surface area is 181 Å². The Morgan fingerprint density at radius 2 is 1.80 bits per heavy atom. The molecule has 3 rings (SSSR count). The highest BCUT2D eigenvalue weighted by molar-refractivity contribution is 7.89. The van der Waals surface area contributed by atoms with Crippen LogP contribution in [0.15, 0.2) is 76.7 Å². The zero-order valence-corrected chi connectivity index (χ0v) is 18.1. The molecule has 30 heavy (non-hydrogen) atoms. The fraction of sp³-hybridized carbons (Fsp3) is 0.136. The Balaban J connectivity index is 1.79. The predicted molar refractivity (Wildman–Crippen MR) is 118 cm³/mol. The van der Waals surface area contributed by atoms with E-state index in [1.54, 1.807) is 25.3 Å². The van der Waals surface area contributed by atoms with Gasteiger partial charge in [-0.15, -0.1) is 0 Å². The van der Waals surface area contributed by atoms with E-state index in [1.165, 1.54) is 30.5 Å². The van der Waals surface area contributed by atoms with E-state index < -0.39 is 10.0 Å². The number of methoxy groups -OCH3 is 1. The summed E-state index contributed by atoms with van der Waals surface area (Å²) in [5, 5.41) is 4.33. The van der Waals surface area contributed by atoms with Crippen LogP contribution >= 0.6 is 11.6 Å². The third-order valence-corrected chi connectivity index (χ3v) is 5.69. The number of benzene rings is 3. The van der Waals surface area contributed by atoms with E-state index in [-0.39, 0.29) is 4.90 Å². The Morgan fingerprint density at radius 3 is 2.50 bits per heavy atom. The van der Waals surface area contributed by atoms with Crippen molar-refractivity contribution in [2.45, 2.75) is 18.4 Å². The van der Waals surface area contributed by atoms with Gasteiger partial charge in [-0.05, 0) is 48.9 Å². The molecule has 0 fully saturated rings. The van der Waals surface area contributed by atoms with Crippen LogP contribution in [0, 0.1) is 6.92 Å². The predicted octanol–water partition coefficient (Wildman–Crippen LogP) is 4.55. The lowest BCUT2D eigenvalue weighted by Crippen LogP contribution is -2.18. The van der Waals surface area contributed by atoms with Crippen LogP contribution in [-0.4, -0.2) is 21.7 Å². The fourth-order valence-electron chi connectivity index (χ4n) is 2.74. The summed E-state index contributed by atoms with van der Waals surface area (Å²) in [6.45, 7) is 2.34. The molecule has 0 bridgehead atoms. The van der Waals surface area contributed by atoms with Crippen molar-refractivity contribution in [3.63, 3.8) is 0 Å². The molecule has 6 nitrogen and oxygen atoms in total. The zero-order valence-electron chi connectivity index (χ0n) is 16.5. The summed E-state index contributed by atoms with van der Waals surface area (Å²) in [5.41, 5.74) is 2.71. The summed E-state index contributed by atoms with van der Waals surface area (Å²) >= 11 is 5.80. The molecule has 1 N–H and O–H groups in total. The lowest BCUT2D eigenvalue weighted by molar-refractivity contribution is 0.284. The summed E-state index contributed by atoms with van der Waals surface area (Å²) < 4.78 is 36.1. The van der Waals surface area contributed by atoms with Crippen LogP contribution in [0.25, 0.3) is 0 Å². The number of hydrogen-bond donors (Lipinski definition) is 1. The Bertz CT molecular complexity index is 1150. The quantitative estimate of drug-likeness (QED) is 0.408.